The molecule has 1 heterocycles. The van der Waals surface area contributed by atoms with Gasteiger partial charge in [-0.3, -0.25) is 9.52 Å². The van der Waals surface area contributed by atoms with E-state index >= 15 is 0 Å². The van der Waals surface area contributed by atoms with E-state index in [-0.39, 0.29) is 16.8 Å². The van der Waals surface area contributed by atoms with Gasteiger partial charge in [-0.1, -0.05) is 42.0 Å². The number of hydrogen-bond donors (Lipinski definition) is 1. The van der Waals surface area contributed by atoms with E-state index in [4.69, 9.17) is 0 Å². The molecule has 0 spiro atoms. The zero-order chi connectivity index (χ0) is 21.5. The molecule has 30 heavy (non-hydrogen) atoms. The molecule has 1 aliphatic rings. The van der Waals surface area contributed by atoms with Crippen LogP contribution >= 0.6 is 0 Å². The first kappa shape index (κ1) is 20.2. The highest BCUT2D eigenvalue weighted by Gasteiger charge is 2.32. The Bertz CT molecular complexity index is 1220. The molecule has 4 rings (SSSR count). The summed E-state index contributed by atoms with van der Waals surface area (Å²) in [7, 11) is -3.75. The molecule has 1 atom stereocenters. The Hall–Kier alpha value is -3.12. The molecule has 5 nitrogen and oxygen atoms in total. The first-order valence-electron chi connectivity index (χ1n) is 9.88. The molecule has 0 aliphatic carbocycles. The third-order valence-electron chi connectivity index (χ3n) is 5.57. The highest BCUT2D eigenvalue weighted by molar-refractivity contribution is 7.92. The van der Waals surface area contributed by atoms with Gasteiger partial charge in [0.05, 0.1) is 10.6 Å². The molecule has 1 N–H and O–H groups in total. The number of carbonyl (C=O) groups is 1. The van der Waals surface area contributed by atoms with Crippen LogP contribution < -0.4 is 9.62 Å². The number of aryl methyl sites for hydroxylation is 1. The number of hydrogen-bond acceptors (Lipinski definition) is 3. The second kappa shape index (κ2) is 7.61. The number of nitrogens with zero attached hydrogens (tertiary/aromatic N) is 1. The number of sulfonamides is 1. The SMILES string of the molecule is Cc1ccc(S(=O)(=O)Nc2cccc(C(=O)N3c4ccccc4C[C@@H]3C)c2C)cc1. The highest BCUT2D eigenvalue weighted by atomic mass is 32.2. The number of amides is 1. The molecular formula is C24H24N2O3S. The fourth-order valence-electron chi connectivity index (χ4n) is 3.90. The van der Waals surface area contributed by atoms with Gasteiger partial charge in [0.2, 0.25) is 0 Å². The fraction of sp³-hybridized carbons (Fsp3) is 0.208. The molecule has 0 saturated carbocycles. The van der Waals surface area contributed by atoms with Crippen molar-refractivity contribution in [2.75, 3.05) is 9.62 Å². The lowest BCUT2D eigenvalue weighted by molar-refractivity contribution is 0.0981. The van der Waals surface area contributed by atoms with Gasteiger partial charge in [-0.2, -0.15) is 0 Å². The van der Waals surface area contributed by atoms with Gasteiger partial charge in [0.25, 0.3) is 15.9 Å². The van der Waals surface area contributed by atoms with Crippen LogP contribution in [-0.4, -0.2) is 20.4 Å². The van der Waals surface area contributed by atoms with Gasteiger partial charge in [0.1, 0.15) is 0 Å². The number of benzene rings is 3. The van der Waals surface area contributed by atoms with E-state index in [9.17, 15) is 13.2 Å². The number of fused-ring (bicyclic) bond motifs is 1. The zero-order valence-corrected chi connectivity index (χ0v) is 18.0. The summed E-state index contributed by atoms with van der Waals surface area (Å²) in [5.74, 6) is -0.124. The van der Waals surface area contributed by atoms with Crippen LogP contribution in [0.25, 0.3) is 0 Å². The zero-order valence-electron chi connectivity index (χ0n) is 17.2. The molecule has 3 aromatic rings. The predicted molar refractivity (Wildman–Crippen MR) is 120 cm³/mol. The van der Waals surface area contributed by atoms with Gasteiger partial charge in [-0.25, -0.2) is 8.42 Å². The molecule has 0 radical (unpaired) electrons. The number of rotatable bonds is 4. The standard InChI is InChI=1S/C24H24N2O3S/c1-16-11-13-20(14-12-16)30(28,29)25-22-9-6-8-21(18(22)3)24(27)26-17(2)15-19-7-4-5-10-23(19)26/h4-14,17,25H,15H2,1-3H3/t17-/m0/s1. The van der Waals surface area contributed by atoms with E-state index in [1.54, 1.807) is 54.3 Å². The van der Waals surface area contributed by atoms with Gasteiger partial charge >= 0.3 is 0 Å². The predicted octanol–water partition coefficient (Wildman–Crippen LogP) is 4.70. The molecule has 0 saturated heterocycles. The summed E-state index contributed by atoms with van der Waals surface area (Å²) in [4.78, 5) is 15.4. The summed E-state index contributed by atoms with van der Waals surface area (Å²) in [6, 6.07) is 19.7. The van der Waals surface area contributed by atoms with Crippen LogP contribution in [0.3, 0.4) is 0 Å². The van der Waals surface area contributed by atoms with Crippen LogP contribution in [-0.2, 0) is 16.4 Å². The minimum absolute atomic E-state index is 0.0437. The van der Waals surface area contributed by atoms with Crippen LogP contribution in [0.2, 0.25) is 0 Å². The molecule has 0 unspecified atom stereocenters. The van der Waals surface area contributed by atoms with Crippen LogP contribution in [0, 0.1) is 13.8 Å². The number of para-hydroxylation sites is 1. The number of carbonyl (C=O) groups excluding carboxylic acids is 1. The van der Waals surface area contributed by atoms with Gasteiger partial charge in [0, 0.05) is 17.3 Å². The Kier molecular flexibility index (Phi) is 5.12. The summed E-state index contributed by atoms with van der Waals surface area (Å²) in [5.41, 5.74) is 4.55. The van der Waals surface area contributed by atoms with E-state index in [2.05, 4.69) is 4.72 Å². The Morgan fingerprint density at radius 2 is 1.67 bits per heavy atom. The minimum atomic E-state index is -3.75. The maximum Gasteiger partial charge on any atom is 0.261 e. The normalized spacial score (nSPS) is 15.7. The topological polar surface area (TPSA) is 66.5 Å². The average molecular weight is 421 g/mol. The minimum Gasteiger partial charge on any atom is -0.305 e. The van der Waals surface area contributed by atoms with E-state index in [0.29, 0.717) is 16.8 Å². The van der Waals surface area contributed by atoms with Crippen molar-refractivity contribution in [2.45, 2.75) is 38.1 Å². The van der Waals surface area contributed by atoms with Crippen molar-refractivity contribution in [3.05, 3.63) is 89.0 Å². The maximum atomic E-state index is 13.4. The van der Waals surface area contributed by atoms with Crippen molar-refractivity contribution >= 4 is 27.3 Å². The van der Waals surface area contributed by atoms with Crippen molar-refractivity contribution in [1.82, 2.24) is 0 Å². The second-order valence-electron chi connectivity index (χ2n) is 7.75. The maximum absolute atomic E-state index is 13.4. The Morgan fingerprint density at radius 3 is 2.40 bits per heavy atom. The summed E-state index contributed by atoms with van der Waals surface area (Å²) in [6.07, 6.45) is 0.806. The van der Waals surface area contributed by atoms with Crippen molar-refractivity contribution in [3.8, 4) is 0 Å². The highest BCUT2D eigenvalue weighted by Crippen LogP contribution is 2.34. The van der Waals surface area contributed by atoms with Crippen molar-refractivity contribution in [3.63, 3.8) is 0 Å². The summed E-state index contributed by atoms with van der Waals surface area (Å²) >= 11 is 0. The smallest absolute Gasteiger partial charge is 0.261 e. The number of nitrogens with one attached hydrogen (secondary N) is 1. The van der Waals surface area contributed by atoms with Crippen LogP contribution in [0.4, 0.5) is 11.4 Å². The molecule has 6 heteroatoms. The van der Waals surface area contributed by atoms with Crippen molar-refractivity contribution in [1.29, 1.82) is 0 Å². The average Bonchev–Trinajstić information content (AvgIpc) is 3.05. The van der Waals surface area contributed by atoms with Crippen LogP contribution in [0.15, 0.2) is 71.6 Å². The summed E-state index contributed by atoms with van der Waals surface area (Å²) in [5, 5.41) is 0. The lowest BCUT2D eigenvalue weighted by Gasteiger charge is -2.24. The molecule has 154 valence electrons. The quantitative estimate of drug-likeness (QED) is 0.666. The molecule has 0 aromatic heterocycles. The molecule has 0 fully saturated rings. The Morgan fingerprint density at radius 1 is 0.967 bits per heavy atom. The van der Waals surface area contributed by atoms with E-state index in [0.717, 1.165) is 23.2 Å². The van der Waals surface area contributed by atoms with Gasteiger partial charge in [-0.05, 0) is 68.7 Å². The molecular weight excluding hydrogens is 396 g/mol. The lowest BCUT2D eigenvalue weighted by Crippen LogP contribution is -2.36. The van der Waals surface area contributed by atoms with Crippen molar-refractivity contribution in [2.24, 2.45) is 0 Å². The number of anilines is 2. The summed E-state index contributed by atoms with van der Waals surface area (Å²) < 4.78 is 28.3. The lowest BCUT2D eigenvalue weighted by atomic mass is 10.1. The molecule has 1 amide bonds. The van der Waals surface area contributed by atoms with E-state index in [1.807, 2.05) is 38.1 Å². The Balaban J connectivity index is 1.67. The van der Waals surface area contributed by atoms with E-state index < -0.39 is 10.0 Å². The van der Waals surface area contributed by atoms with Crippen LogP contribution in [0.1, 0.15) is 34.0 Å². The van der Waals surface area contributed by atoms with Gasteiger partial charge in [0.15, 0.2) is 0 Å². The molecule has 1 aliphatic heterocycles. The molecule has 3 aromatic carbocycles. The second-order valence-corrected chi connectivity index (χ2v) is 9.44. The third-order valence-corrected chi connectivity index (χ3v) is 6.95. The van der Waals surface area contributed by atoms with Crippen molar-refractivity contribution < 1.29 is 13.2 Å². The first-order valence-corrected chi connectivity index (χ1v) is 11.4. The molecule has 0 bridgehead atoms. The summed E-state index contributed by atoms with van der Waals surface area (Å²) in [6.45, 7) is 5.70. The monoisotopic (exact) mass is 420 g/mol. The Labute approximate surface area is 177 Å². The third kappa shape index (κ3) is 3.59. The van der Waals surface area contributed by atoms with Gasteiger partial charge in [-0.15, -0.1) is 0 Å². The largest absolute Gasteiger partial charge is 0.305 e. The fourth-order valence-corrected chi connectivity index (χ4v) is 5.03. The van der Waals surface area contributed by atoms with Gasteiger partial charge < -0.3 is 4.90 Å². The first-order chi connectivity index (χ1) is 14.3. The van der Waals surface area contributed by atoms with E-state index in [1.165, 1.54) is 0 Å². The van der Waals surface area contributed by atoms with Crippen LogP contribution in [0.5, 0.6) is 0 Å².